The summed E-state index contributed by atoms with van der Waals surface area (Å²) >= 11 is 0. The molecule has 0 saturated carbocycles. The Morgan fingerprint density at radius 2 is 2.24 bits per heavy atom. The quantitative estimate of drug-likeness (QED) is 0.876. The van der Waals surface area contributed by atoms with Gasteiger partial charge in [0.05, 0.1) is 6.04 Å². The van der Waals surface area contributed by atoms with Crippen LogP contribution in [0.4, 0.5) is 4.39 Å². The Labute approximate surface area is 125 Å². The molecule has 1 N–H and O–H groups in total. The van der Waals surface area contributed by atoms with Crippen LogP contribution in [0.15, 0.2) is 24.3 Å². The number of hydrogen-bond acceptors (Lipinski definition) is 3. The third-order valence-electron chi connectivity index (χ3n) is 3.98. The molecule has 1 saturated heterocycles. The summed E-state index contributed by atoms with van der Waals surface area (Å²) in [5, 5.41) is 3.31. The van der Waals surface area contributed by atoms with E-state index in [0.29, 0.717) is 6.61 Å². The highest BCUT2D eigenvalue weighted by Gasteiger charge is 2.40. The van der Waals surface area contributed by atoms with Crippen LogP contribution in [0.25, 0.3) is 0 Å². The molecular weight excluding hydrogens is 271 g/mol. The van der Waals surface area contributed by atoms with E-state index in [2.05, 4.69) is 5.32 Å². The molecule has 3 atom stereocenters. The van der Waals surface area contributed by atoms with E-state index >= 15 is 0 Å². The van der Waals surface area contributed by atoms with Gasteiger partial charge in [0.25, 0.3) is 0 Å². The lowest BCUT2D eigenvalue weighted by atomic mass is 10.1. The molecule has 5 heteroatoms. The highest BCUT2D eigenvalue weighted by Crippen LogP contribution is 2.29. The fraction of sp³-hybridized carbons (Fsp3) is 0.562. The van der Waals surface area contributed by atoms with Gasteiger partial charge in [0.15, 0.2) is 0 Å². The molecule has 1 heterocycles. The first-order valence-electron chi connectivity index (χ1n) is 7.41. The van der Waals surface area contributed by atoms with Crippen LogP contribution in [0.3, 0.4) is 0 Å². The van der Waals surface area contributed by atoms with Crippen LogP contribution in [0.2, 0.25) is 0 Å². The number of halogens is 1. The minimum atomic E-state index is -0.286. The minimum Gasteiger partial charge on any atom is -0.385 e. The lowest BCUT2D eigenvalue weighted by molar-refractivity contribution is -0.132. The van der Waals surface area contributed by atoms with Crippen molar-refractivity contribution in [2.75, 3.05) is 13.7 Å². The molecule has 21 heavy (non-hydrogen) atoms. The first kappa shape index (κ1) is 15.9. The van der Waals surface area contributed by atoms with Crippen LogP contribution in [-0.4, -0.2) is 36.6 Å². The number of nitrogens with one attached hydrogen (secondary N) is 1. The van der Waals surface area contributed by atoms with E-state index in [1.54, 1.807) is 13.2 Å². The maximum Gasteiger partial charge on any atom is 0.241 e. The first-order chi connectivity index (χ1) is 10.1. The molecule has 4 nitrogen and oxygen atoms in total. The number of nitrogens with zero attached hydrogens (tertiary/aromatic N) is 1. The number of rotatable bonds is 6. The molecule has 3 unspecified atom stereocenters. The molecule has 0 radical (unpaired) electrons. The van der Waals surface area contributed by atoms with Crippen LogP contribution in [0, 0.1) is 5.82 Å². The SMILES string of the molecule is CCC1NC(c2cccc(F)c2)N(C(C)CCOC)C1=O. The minimum absolute atomic E-state index is 0.0368. The number of carbonyl (C=O) groups excluding carboxylic acids is 1. The Balaban J connectivity index is 2.26. The van der Waals surface area contributed by atoms with Crippen LogP contribution in [0.5, 0.6) is 0 Å². The molecule has 1 aliphatic rings. The van der Waals surface area contributed by atoms with Gasteiger partial charge in [0.1, 0.15) is 12.0 Å². The van der Waals surface area contributed by atoms with Crippen LogP contribution < -0.4 is 5.32 Å². The highest BCUT2D eigenvalue weighted by atomic mass is 19.1. The maximum atomic E-state index is 13.5. The van der Waals surface area contributed by atoms with Gasteiger partial charge in [-0.2, -0.15) is 0 Å². The molecule has 116 valence electrons. The molecule has 1 aliphatic heterocycles. The molecule has 1 amide bonds. The molecule has 0 aromatic heterocycles. The molecule has 1 fully saturated rings. The van der Waals surface area contributed by atoms with E-state index in [4.69, 9.17) is 4.74 Å². The van der Waals surface area contributed by atoms with Gasteiger partial charge in [-0.3, -0.25) is 10.1 Å². The van der Waals surface area contributed by atoms with Gasteiger partial charge in [-0.25, -0.2) is 4.39 Å². The van der Waals surface area contributed by atoms with Crippen LogP contribution in [0.1, 0.15) is 38.4 Å². The summed E-state index contributed by atoms with van der Waals surface area (Å²) in [6.07, 6.45) is 1.20. The van der Waals surface area contributed by atoms with Crippen molar-refractivity contribution < 1.29 is 13.9 Å². The Bertz CT molecular complexity index is 495. The van der Waals surface area contributed by atoms with Gasteiger partial charge in [0, 0.05) is 19.8 Å². The zero-order valence-corrected chi connectivity index (χ0v) is 12.8. The fourth-order valence-corrected chi connectivity index (χ4v) is 2.77. The lowest BCUT2D eigenvalue weighted by Crippen LogP contribution is -2.39. The third-order valence-corrected chi connectivity index (χ3v) is 3.98. The van der Waals surface area contributed by atoms with Crippen molar-refractivity contribution in [3.8, 4) is 0 Å². The van der Waals surface area contributed by atoms with E-state index < -0.39 is 0 Å². The van der Waals surface area contributed by atoms with Gasteiger partial charge >= 0.3 is 0 Å². The Morgan fingerprint density at radius 1 is 1.48 bits per heavy atom. The van der Waals surface area contributed by atoms with E-state index in [-0.39, 0.29) is 30.0 Å². The van der Waals surface area contributed by atoms with Crippen molar-refractivity contribution in [2.24, 2.45) is 0 Å². The number of carbonyl (C=O) groups is 1. The van der Waals surface area contributed by atoms with Crippen molar-refractivity contribution >= 4 is 5.91 Å². The average molecular weight is 294 g/mol. The van der Waals surface area contributed by atoms with E-state index in [0.717, 1.165) is 18.4 Å². The lowest BCUT2D eigenvalue weighted by Gasteiger charge is -2.30. The number of hydrogen-bond donors (Lipinski definition) is 1. The van der Waals surface area contributed by atoms with Gasteiger partial charge in [-0.1, -0.05) is 19.1 Å². The average Bonchev–Trinajstić information content (AvgIpc) is 2.81. The number of ether oxygens (including phenoxy) is 1. The summed E-state index contributed by atoms with van der Waals surface area (Å²) in [7, 11) is 1.65. The first-order valence-corrected chi connectivity index (χ1v) is 7.41. The molecule has 1 aromatic carbocycles. The monoisotopic (exact) mass is 294 g/mol. The van der Waals surface area contributed by atoms with Crippen molar-refractivity contribution in [1.29, 1.82) is 0 Å². The largest absolute Gasteiger partial charge is 0.385 e. The normalized spacial score (nSPS) is 23.6. The highest BCUT2D eigenvalue weighted by molar-refractivity contribution is 5.84. The van der Waals surface area contributed by atoms with Crippen molar-refractivity contribution in [1.82, 2.24) is 10.2 Å². The summed E-state index contributed by atoms with van der Waals surface area (Å²) in [5.41, 5.74) is 0.781. The molecule has 1 aromatic rings. The number of benzene rings is 1. The van der Waals surface area contributed by atoms with Crippen molar-refractivity contribution in [2.45, 2.75) is 44.9 Å². The van der Waals surface area contributed by atoms with Gasteiger partial charge in [-0.15, -0.1) is 0 Å². The fourth-order valence-electron chi connectivity index (χ4n) is 2.77. The second kappa shape index (κ2) is 7.00. The van der Waals surface area contributed by atoms with E-state index in [1.807, 2.05) is 24.8 Å². The van der Waals surface area contributed by atoms with E-state index in [1.165, 1.54) is 12.1 Å². The van der Waals surface area contributed by atoms with Crippen LogP contribution in [-0.2, 0) is 9.53 Å². The van der Waals surface area contributed by atoms with Crippen molar-refractivity contribution in [3.63, 3.8) is 0 Å². The van der Waals surface area contributed by atoms with Gasteiger partial charge in [0.2, 0.25) is 5.91 Å². The number of methoxy groups -OCH3 is 1. The smallest absolute Gasteiger partial charge is 0.241 e. The predicted octanol–water partition coefficient (Wildman–Crippen LogP) is 2.46. The molecule has 0 spiro atoms. The summed E-state index contributed by atoms with van der Waals surface area (Å²) in [6, 6.07) is 6.25. The molecular formula is C16H23FN2O2. The Morgan fingerprint density at radius 3 is 2.86 bits per heavy atom. The summed E-state index contributed by atoms with van der Waals surface area (Å²) in [4.78, 5) is 14.4. The third kappa shape index (κ3) is 3.41. The second-order valence-electron chi connectivity index (χ2n) is 5.46. The molecule has 0 bridgehead atoms. The van der Waals surface area contributed by atoms with E-state index in [9.17, 15) is 9.18 Å². The Hall–Kier alpha value is -1.46. The standard InChI is InChI=1S/C16H23FN2O2/c1-4-14-16(20)19(11(2)8-9-21-3)15(18-14)12-6-5-7-13(17)10-12/h5-7,10-11,14-15,18H,4,8-9H2,1-3H3. The van der Waals surface area contributed by atoms with Gasteiger partial charge < -0.3 is 9.64 Å². The predicted molar refractivity (Wildman–Crippen MR) is 79.2 cm³/mol. The second-order valence-corrected chi connectivity index (χ2v) is 5.46. The number of amides is 1. The summed E-state index contributed by atoms with van der Waals surface area (Å²) in [6.45, 7) is 4.57. The Kier molecular flexibility index (Phi) is 5.31. The zero-order chi connectivity index (χ0) is 15.4. The maximum absolute atomic E-state index is 13.5. The summed E-state index contributed by atoms with van der Waals surface area (Å²) < 4.78 is 18.6. The molecule has 2 rings (SSSR count). The zero-order valence-electron chi connectivity index (χ0n) is 12.8. The molecule has 0 aliphatic carbocycles. The van der Waals surface area contributed by atoms with Gasteiger partial charge in [-0.05, 0) is 37.5 Å². The topological polar surface area (TPSA) is 41.6 Å². The summed E-state index contributed by atoms with van der Waals surface area (Å²) in [5.74, 6) is -0.207. The van der Waals surface area contributed by atoms with Crippen LogP contribution >= 0.6 is 0 Å². The van der Waals surface area contributed by atoms with Crippen molar-refractivity contribution in [3.05, 3.63) is 35.6 Å².